The molecule has 2 aliphatic heterocycles. The third kappa shape index (κ3) is 4.42. The molecule has 2 heterocycles. The highest BCUT2D eigenvalue weighted by Crippen LogP contribution is 2.18. The van der Waals surface area contributed by atoms with E-state index in [4.69, 9.17) is 5.73 Å². The van der Waals surface area contributed by atoms with Gasteiger partial charge in [-0.15, -0.1) is 0 Å². The van der Waals surface area contributed by atoms with Gasteiger partial charge < -0.3 is 15.5 Å². The van der Waals surface area contributed by atoms with Crippen LogP contribution in [0.1, 0.15) is 39.0 Å². The molecule has 4 heteroatoms. The summed E-state index contributed by atoms with van der Waals surface area (Å²) in [7, 11) is 2.30. The molecular formula is C16H34N4. The van der Waals surface area contributed by atoms with Crippen molar-refractivity contribution >= 4 is 0 Å². The fraction of sp³-hybridized carbons (Fsp3) is 1.00. The van der Waals surface area contributed by atoms with Gasteiger partial charge >= 0.3 is 0 Å². The van der Waals surface area contributed by atoms with E-state index >= 15 is 0 Å². The quantitative estimate of drug-likeness (QED) is 0.794. The Morgan fingerprint density at radius 3 is 2.45 bits per heavy atom. The monoisotopic (exact) mass is 282 g/mol. The molecule has 2 atom stereocenters. The Bertz CT molecular complexity index is 259. The lowest BCUT2D eigenvalue weighted by Crippen LogP contribution is -2.52. The summed E-state index contributed by atoms with van der Waals surface area (Å²) in [6, 6.07) is 1.43. The number of nitrogens with two attached hydrogens (primary N) is 1. The number of hydrogen-bond donors (Lipinski definition) is 1. The second-order valence-corrected chi connectivity index (χ2v) is 6.59. The van der Waals surface area contributed by atoms with Crippen molar-refractivity contribution in [3.05, 3.63) is 0 Å². The van der Waals surface area contributed by atoms with Crippen LogP contribution in [0.15, 0.2) is 0 Å². The van der Waals surface area contributed by atoms with E-state index in [2.05, 4.69) is 28.7 Å². The molecular weight excluding hydrogens is 248 g/mol. The predicted octanol–water partition coefficient (Wildman–Crippen LogP) is 1.22. The van der Waals surface area contributed by atoms with E-state index in [1.807, 2.05) is 0 Å². The second-order valence-electron chi connectivity index (χ2n) is 6.59. The molecule has 2 fully saturated rings. The largest absolute Gasteiger partial charge is 0.329 e. The van der Waals surface area contributed by atoms with Gasteiger partial charge in [-0.2, -0.15) is 0 Å². The van der Waals surface area contributed by atoms with Crippen LogP contribution in [0, 0.1) is 0 Å². The topological polar surface area (TPSA) is 35.7 Å². The Labute approximate surface area is 125 Å². The first-order valence-electron chi connectivity index (χ1n) is 8.61. The van der Waals surface area contributed by atoms with E-state index in [1.54, 1.807) is 0 Å². The molecule has 4 nitrogen and oxygen atoms in total. The molecule has 0 spiro atoms. The van der Waals surface area contributed by atoms with Crippen LogP contribution >= 0.6 is 0 Å². The summed E-state index contributed by atoms with van der Waals surface area (Å²) >= 11 is 0. The minimum atomic E-state index is 0.599. The molecule has 2 N–H and O–H groups in total. The molecule has 118 valence electrons. The molecule has 0 aromatic heterocycles. The SMILES string of the molecule is CCC(CN)N1CCN(CCC2CCCCN2C)CC1. The number of likely N-dealkylation sites (tertiary alicyclic amines) is 1. The fourth-order valence-corrected chi connectivity index (χ4v) is 3.77. The van der Waals surface area contributed by atoms with E-state index in [0.717, 1.165) is 12.6 Å². The molecule has 0 aromatic rings. The van der Waals surface area contributed by atoms with Crippen molar-refractivity contribution in [2.75, 3.05) is 52.9 Å². The summed E-state index contributed by atoms with van der Waals surface area (Å²) in [6.45, 7) is 10.5. The molecule has 0 saturated carbocycles. The first-order valence-corrected chi connectivity index (χ1v) is 8.61. The Hall–Kier alpha value is -0.160. The zero-order valence-electron chi connectivity index (χ0n) is 13.6. The van der Waals surface area contributed by atoms with Crippen molar-refractivity contribution < 1.29 is 0 Å². The average Bonchev–Trinajstić information content (AvgIpc) is 2.49. The predicted molar refractivity (Wildman–Crippen MR) is 86.0 cm³/mol. The Morgan fingerprint density at radius 2 is 1.85 bits per heavy atom. The maximum Gasteiger partial charge on any atom is 0.0216 e. The normalized spacial score (nSPS) is 28.6. The highest BCUT2D eigenvalue weighted by Gasteiger charge is 2.23. The first kappa shape index (κ1) is 16.2. The van der Waals surface area contributed by atoms with Gasteiger partial charge in [-0.25, -0.2) is 0 Å². The van der Waals surface area contributed by atoms with E-state index in [0.29, 0.717) is 6.04 Å². The molecule has 0 bridgehead atoms. The Balaban J connectivity index is 1.66. The lowest BCUT2D eigenvalue weighted by Gasteiger charge is -2.40. The smallest absolute Gasteiger partial charge is 0.0216 e. The van der Waals surface area contributed by atoms with Crippen molar-refractivity contribution in [1.29, 1.82) is 0 Å². The summed E-state index contributed by atoms with van der Waals surface area (Å²) in [6.07, 6.45) is 6.76. The van der Waals surface area contributed by atoms with Gasteiger partial charge in [0.05, 0.1) is 0 Å². The van der Waals surface area contributed by atoms with Crippen LogP contribution in [0.2, 0.25) is 0 Å². The number of hydrogen-bond acceptors (Lipinski definition) is 4. The zero-order valence-corrected chi connectivity index (χ0v) is 13.6. The van der Waals surface area contributed by atoms with E-state index in [-0.39, 0.29) is 0 Å². The standard InChI is InChI=1S/C16H34N4/c1-3-15(14-17)20-12-10-19(11-13-20)9-7-16-6-4-5-8-18(16)2/h15-16H,3-14,17H2,1-2H3. The molecule has 0 aliphatic carbocycles. The summed E-state index contributed by atoms with van der Waals surface area (Å²) in [4.78, 5) is 7.81. The molecule has 2 rings (SSSR count). The molecule has 2 aliphatic rings. The van der Waals surface area contributed by atoms with Gasteiger partial charge in [0.1, 0.15) is 0 Å². The summed E-state index contributed by atoms with van der Waals surface area (Å²) < 4.78 is 0. The number of rotatable bonds is 6. The van der Waals surface area contributed by atoms with Crippen molar-refractivity contribution in [3.8, 4) is 0 Å². The maximum atomic E-state index is 5.86. The maximum absolute atomic E-state index is 5.86. The van der Waals surface area contributed by atoms with Gasteiger partial charge in [0.15, 0.2) is 0 Å². The minimum Gasteiger partial charge on any atom is -0.329 e. The van der Waals surface area contributed by atoms with Crippen molar-refractivity contribution in [2.24, 2.45) is 5.73 Å². The van der Waals surface area contributed by atoms with Crippen LogP contribution in [0.25, 0.3) is 0 Å². The second kappa shape index (κ2) is 8.32. The zero-order chi connectivity index (χ0) is 14.4. The van der Waals surface area contributed by atoms with E-state index in [9.17, 15) is 0 Å². The van der Waals surface area contributed by atoms with Crippen LogP contribution in [-0.4, -0.2) is 79.6 Å². The van der Waals surface area contributed by atoms with Crippen LogP contribution in [0.5, 0.6) is 0 Å². The number of piperidine rings is 1. The number of piperazine rings is 1. The molecule has 0 radical (unpaired) electrons. The van der Waals surface area contributed by atoms with Gasteiger partial charge in [0.2, 0.25) is 0 Å². The average molecular weight is 282 g/mol. The third-order valence-corrected chi connectivity index (χ3v) is 5.37. The van der Waals surface area contributed by atoms with Crippen molar-refractivity contribution in [2.45, 2.75) is 51.1 Å². The van der Waals surface area contributed by atoms with Crippen LogP contribution in [0.4, 0.5) is 0 Å². The lowest BCUT2D eigenvalue weighted by atomic mass is 10.00. The van der Waals surface area contributed by atoms with Gasteiger partial charge in [-0.05, 0) is 45.8 Å². The van der Waals surface area contributed by atoms with Crippen LogP contribution in [-0.2, 0) is 0 Å². The summed E-state index contributed by atoms with van der Waals surface area (Å²) in [5.74, 6) is 0. The number of nitrogens with zero attached hydrogens (tertiary/aromatic N) is 3. The molecule has 0 amide bonds. The van der Waals surface area contributed by atoms with Gasteiger partial charge in [0.25, 0.3) is 0 Å². The highest BCUT2D eigenvalue weighted by atomic mass is 15.3. The van der Waals surface area contributed by atoms with E-state index < -0.39 is 0 Å². The van der Waals surface area contributed by atoms with Crippen molar-refractivity contribution in [3.63, 3.8) is 0 Å². The van der Waals surface area contributed by atoms with Gasteiger partial charge in [-0.1, -0.05) is 13.3 Å². The van der Waals surface area contributed by atoms with Crippen LogP contribution in [0.3, 0.4) is 0 Å². The Kier molecular flexibility index (Phi) is 6.75. The minimum absolute atomic E-state index is 0.599. The van der Waals surface area contributed by atoms with Crippen molar-refractivity contribution in [1.82, 2.24) is 14.7 Å². The Morgan fingerprint density at radius 1 is 1.10 bits per heavy atom. The molecule has 2 unspecified atom stereocenters. The third-order valence-electron chi connectivity index (χ3n) is 5.37. The molecule has 2 saturated heterocycles. The fourth-order valence-electron chi connectivity index (χ4n) is 3.77. The first-order chi connectivity index (χ1) is 9.74. The van der Waals surface area contributed by atoms with Crippen LogP contribution < -0.4 is 5.73 Å². The van der Waals surface area contributed by atoms with E-state index in [1.165, 1.54) is 71.4 Å². The molecule has 20 heavy (non-hydrogen) atoms. The lowest BCUT2D eigenvalue weighted by molar-refractivity contribution is 0.0849. The summed E-state index contributed by atoms with van der Waals surface area (Å²) in [5, 5.41) is 0. The van der Waals surface area contributed by atoms with Gasteiger partial charge in [-0.3, -0.25) is 4.90 Å². The van der Waals surface area contributed by atoms with Gasteiger partial charge in [0, 0.05) is 44.8 Å². The highest BCUT2D eigenvalue weighted by molar-refractivity contribution is 4.80. The molecule has 0 aromatic carbocycles. The summed E-state index contributed by atoms with van der Waals surface area (Å²) in [5.41, 5.74) is 5.86.